The van der Waals surface area contributed by atoms with Crippen molar-refractivity contribution >= 4 is 5.91 Å². The molecule has 0 unspecified atom stereocenters. The maximum atomic E-state index is 12.9. The first kappa shape index (κ1) is 20.2. The van der Waals surface area contributed by atoms with E-state index in [0.717, 1.165) is 25.7 Å². The average molecular weight is 387 g/mol. The Bertz CT molecular complexity index is 987. The number of hydrogen-bond acceptors (Lipinski definition) is 3. The van der Waals surface area contributed by atoms with Crippen LogP contribution >= 0.6 is 0 Å². The molecular weight excluding hydrogens is 362 g/mol. The van der Waals surface area contributed by atoms with E-state index in [1.165, 1.54) is 0 Å². The molecule has 5 heteroatoms. The molecule has 0 saturated carbocycles. The van der Waals surface area contributed by atoms with Gasteiger partial charge < -0.3 is 14.6 Å². The zero-order chi connectivity index (χ0) is 20.5. The second kappa shape index (κ2) is 10.1. The summed E-state index contributed by atoms with van der Waals surface area (Å²) in [5.74, 6) is 1.06. The molecule has 0 radical (unpaired) electrons. The average Bonchev–Trinajstić information content (AvgIpc) is 3.19. The van der Waals surface area contributed by atoms with Crippen molar-refractivity contribution in [3.05, 3.63) is 78.1 Å². The van der Waals surface area contributed by atoms with Crippen molar-refractivity contribution in [1.29, 1.82) is 5.26 Å². The molecule has 1 amide bonds. The minimum atomic E-state index is -0.252. The lowest BCUT2D eigenvalue weighted by Crippen LogP contribution is -2.27. The number of unbranched alkanes of at least 4 members (excludes halogenated alkanes) is 3. The molecule has 148 valence electrons. The largest absolute Gasteiger partial charge is 0.455 e. The maximum Gasteiger partial charge on any atom is 0.269 e. The van der Waals surface area contributed by atoms with Gasteiger partial charge in [-0.15, -0.1) is 0 Å². The van der Waals surface area contributed by atoms with Crippen LogP contribution in [-0.2, 0) is 0 Å². The molecule has 3 aromatic rings. The molecule has 1 heterocycles. The number of rotatable bonds is 9. The first-order valence-electron chi connectivity index (χ1n) is 9.96. The van der Waals surface area contributed by atoms with Gasteiger partial charge in [-0.3, -0.25) is 4.79 Å². The predicted octanol–water partition coefficient (Wildman–Crippen LogP) is 5.45. The Morgan fingerprint density at radius 3 is 2.55 bits per heavy atom. The Morgan fingerprint density at radius 2 is 1.79 bits per heavy atom. The van der Waals surface area contributed by atoms with Crippen molar-refractivity contribution in [2.24, 2.45) is 0 Å². The number of nitrogens with one attached hydrogen (secondary N) is 1. The molecule has 0 bridgehead atoms. The number of carbonyl (C=O) groups is 1. The molecule has 29 heavy (non-hydrogen) atoms. The zero-order valence-electron chi connectivity index (χ0n) is 16.6. The molecule has 0 atom stereocenters. The summed E-state index contributed by atoms with van der Waals surface area (Å²) in [7, 11) is 0. The highest BCUT2D eigenvalue weighted by atomic mass is 16.5. The van der Waals surface area contributed by atoms with Crippen LogP contribution < -0.4 is 10.1 Å². The second-order valence-electron chi connectivity index (χ2n) is 6.76. The van der Waals surface area contributed by atoms with Gasteiger partial charge in [-0.2, -0.15) is 5.26 Å². The van der Waals surface area contributed by atoms with Gasteiger partial charge in [0, 0.05) is 12.7 Å². The lowest BCUT2D eigenvalue weighted by atomic mass is 10.2. The van der Waals surface area contributed by atoms with Crippen molar-refractivity contribution in [3.8, 4) is 23.3 Å². The highest BCUT2D eigenvalue weighted by Crippen LogP contribution is 2.30. The third-order valence-electron chi connectivity index (χ3n) is 4.63. The van der Waals surface area contributed by atoms with Crippen LogP contribution in [0.4, 0.5) is 0 Å². The Morgan fingerprint density at radius 1 is 1.03 bits per heavy atom. The number of benzene rings is 2. The van der Waals surface area contributed by atoms with Crippen LogP contribution in [0.5, 0.6) is 11.5 Å². The number of carbonyl (C=O) groups excluding carboxylic acids is 1. The number of nitrogens with zero attached hydrogens (tertiary/aromatic N) is 2. The monoisotopic (exact) mass is 387 g/mol. The number of para-hydroxylation sites is 3. The Labute approximate surface area is 171 Å². The number of aromatic nitrogens is 1. The summed E-state index contributed by atoms with van der Waals surface area (Å²) in [6.45, 7) is 2.75. The summed E-state index contributed by atoms with van der Waals surface area (Å²) < 4.78 is 7.75. The van der Waals surface area contributed by atoms with E-state index in [-0.39, 0.29) is 5.91 Å². The summed E-state index contributed by atoms with van der Waals surface area (Å²) in [6, 6.07) is 20.7. The van der Waals surface area contributed by atoms with Gasteiger partial charge in [0.1, 0.15) is 17.5 Å². The summed E-state index contributed by atoms with van der Waals surface area (Å²) in [6.07, 6.45) is 6.04. The van der Waals surface area contributed by atoms with Crippen LogP contribution in [0.1, 0.15) is 48.7 Å². The summed E-state index contributed by atoms with van der Waals surface area (Å²) in [4.78, 5) is 12.9. The van der Waals surface area contributed by atoms with Gasteiger partial charge in [-0.25, -0.2) is 0 Å². The van der Waals surface area contributed by atoms with Gasteiger partial charge >= 0.3 is 0 Å². The number of amides is 1. The smallest absolute Gasteiger partial charge is 0.269 e. The topological polar surface area (TPSA) is 67.0 Å². The van der Waals surface area contributed by atoms with Crippen molar-refractivity contribution in [2.75, 3.05) is 6.54 Å². The highest BCUT2D eigenvalue weighted by Gasteiger charge is 2.20. The molecule has 2 aromatic carbocycles. The minimum Gasteiger partial charge on any atom is -0.455 e. The summed E-state index contributed by atoms with van der Waals surface area (Å²) in [5.41, 5.74) is 1.37. The molecule has 1 N–H and O–H groups in total. The molecule has 0 aliphatic heterocycles. The van der Waals surface area contributed by atoms with E-state index in [4.69, 9.17) is 4.74 Å². The molecule has 0 aliphatic rings. The standard InChI is InChI=1S/C24H25N3O2/c1-2-3-4-10-16-26-24(28)23-19(18-25)15-17-27(23)21-13-8-9-14-22(21)29-20-11-6-5-7-12-20/h5-9,11-15,17H,2-4,10,16H2,1H3,(H,26,28). The van der Waals surface area contributed by atoms with E-state index < -0.39 is 0 Å². The first-order valence-corrected chi connectivity index (χ1v) is 9.96. The van der Waals surface area contributed by atoms with Crippen LogP contribution in [0.15, 0.2) is 66.9 Å². The normalized spacial score (nSPS) is 10.3. The predicted molar refractivity (Wildman–Crippen MR) is 113 cm³/mol. The number of nitriles is 1. The lowest BCUT2D eigenvalue weighted by molar-refractivity contribution is 0.0946. The van der Waals surface area contributed by atoms with Crippen LogP contribution in [0, 0.1) is 11.3 Å². The van der Waals surface area contributed by atoms with Crippen molar-refractivity contribution in [1.82, 2.24) is 9.88 Å². The summed E-state index contributed by atoms with van der Waals surface area (Å²) in [5, 5.41) is 12.4. The molecule has 5 nitrogen and oxygen atoms in total. The molecule has 3 rings (SSSR count). The third kappa shape index (κ3) is 5.05. The van der Waals surface area contributed by atoms with E-state index in [2.05, 4.69) is 18.3 Å². The van der Waals surface area contributed by atoms with E-state index >= 15 is 0 Å². The van der Waals surface area contributed by atoms with Gasteiger partial charge in [-0.05, 0) is 36.8 Å². The quantitative estimate of drug-likeness (QED) is 0.496. The van der Waals surface area contributed by atoms with Crippen molar-refractivity contribution in [3.63, 3.8) is 0 Å². The van der Waals surface area contributed by atoms with Gasteiger partial charge in [0.25, 0.3) is 5.91 Å². The molecule has 0 fully saturated rings. The molecular formula is C24H25N3O2. The maximum absolute atomic E-state index is 12.9. The van der Waals surface area contributed by atoms with E-state index in [0.29, 0.717) is 35.0 Å². The van der Waals surface area contributed by atoms with Gasteiger partial charge in [0.2, 0.25) is 0 Å². The van der Waals surface area contributed by atoms with Crippen LogP contribution in [0.2, 0.25) is 0 Å². The van der Waals surface area contributed by atoms with Gasteiger partial charge in [-0.1, -0.05) is 56.5 Å². The molecule has 0 aliphatic carbocycles. The molecule has 0 saturated heterocycles. The third-order valence-corrected chi connectivity index (χ3v) is 4.63. The highest BCUT2D eigenvalue weighted by molar-refractivity contribution is 5.96. The fourth-order valence-electron chi connectivity index (χ4n) is 3.15. The Kier molecular flexibility index (Phi) is 7.07. The minimum absolute atomic E-state index is 0.252. The van der Waals surface area contributed by atoms with Crippen molar-refractivity contribution < 1.29 is 9.53 Å². The zero-order valence-corrected chi connectivity index (χ0v) is 16.6. The Hall–Kier alpha value is -3.52. The first-order chi connectivity index (χ1) is 14.2. The lowest BCUT2D eigenvalue weighted by Gasteiger charge is -2.15. The SMILES string of the molecule is CCCCCCNC(=O)c1c(C#N)ccn1-c1ccccc1Oc1ccccc1. The van der Waals surface area contributed by atoms with E-state index in [9.17, 15) is 10.1 Å². The van der Waals surface area contributed by atoms with Crippen molar-refractivity contribution in [2.45, 2.75) is 32.6 Å². The summed E-state index contributed by atoms with van der Waals surface area (Å²) >= 11 is 0. The molecule has 0 spiro atoms. The molecule has 1 aromatic heterocycles. The number of ether oxygens (including phenoxy) is 1. The van der Waals surface area contributed by atoms with Gasteiger partial charge in [0.05, 0.1) is 11.3 Å². The van der Waals surface area contributed by atoms with Gasteiger partial charge in [0.15, 0.2) is 5.75 Å². The Balaban J connectivity index is 1.87. The van der Waals surface area contributed by atoms with E-state index in [1.807, 2.05) is 54.6 Å². The second-order valence-corrected chi connectivity index (χ2v) is 6.76. The van der Waals surface area contributed by atoms with Crippen LogP contribution in [0.3, 0.4) is 0 Å². The van der Waals surface area contributed by atoms with Crippen LogP contribution in [0.25, 0.3) is 5.69 Å². The fourth-order valence-corrected chi connectivity index (χ4v) is 3.15. The fraction of sp³-hybridized carbons (Fsp3) is 0.250. The number of hydrogen-bond donors (Lipinski definition) is 1. The van der Waals surface area contributed by atoms with E-state index in [1.54, 1.807) is 16.8 Å². The van der Waals surface area contributed by atoms with Crippen LogP contribution in [-0.4, -0.2) is 17.0 Å².